The lowest BCUT2D eigenvalue weighted by Gasteiger charge is -2.20. The summed E-state index contributed by atoms with van der Waals surface area (Å²) >= 11 is 0. The second-order valence-corrected chi connectivity index (χ2v) is 10.3. The Morgan fingerprint density at radius 3 is 1.97 bits per heavy atom. The van der Waals surface area contributed by atoms with Crippen molar-refractivity contribution in [2.75, 3.05) is 11.7 Å². The van der Waals surface area contributed by atoms with Crippen LogP contribution in [0.25, 0.3) is 0 Å². The molecule has 0 fully saturated rings. The topological polar surface area (TPSA) is 87.6 Å². The highest BCUT2D eigenvalue weighted by atomic mass is 32.2. The molecule has 0 saturated heterocycles. The van der Waals surface area contributed by atoms with Gasteiger partial charge in [0.2, 0.25) is 5.78 Å². The maximum absolute atomic E-state index is 12.8. The molecule has 0 saturated carbocycles. The molecule has 156 valence electrons. The average molecular weight is 416 g/mol. The molecule has 7 heteroatoms. The van der Waals surface area contributed by atoms with E-state index in [0.29, 0.717) is 17.3 Å². The fraction of sp³-hybridized carbons (Fsp3) is 0.364. The van der Waals surface area contributed by atoms with Gasteiger partial charge in [0.15, 0.2) is 15.7 Å². The molecule has 2 N–H and O–H groups in total. The minimum absolute atomic E-state index is 0.148. The van der Waals surface area contributed by atoms with Crippen LogP contribution in [0.3, 0.4) is 0 Å². The molecule has 6 nitrogen and oxygen atoms in total. The Labute approximate surface area is 173 Å². The molecule has 0 unspecified atom stereocenters. The summed E-state index contributed by atoms with van der Waals surface area (Å²) in [7, 11) is -3.26. The molecule has 0 amide bonds. The molecular formula is C22H29N3O3S. The van der Waals surface area contributed by atoms with Gasteiger partial charge in [0, 0.05) is 11.7 Å². The van der Waals surface area contributed by atoms with E-state index in [0.717, 1.165) is 6.26 Å². The summed E-state index contributed by atoms with van der Waals surface area (Å²) in [6, 6.07) is 14.0. The summed E-state index contributed by atoms with van der Waals surface area (Å²) in [5.41, 5.74) is 7.68. The van der Waals surface area contributed by atoms with Crippen molar-refractivity contribution in [1.82, 2.24) is 5.43 Å². The first-order chi connectivity index (χ1) is 13.4. The largest absolute Gasteiger partial charge is 0.300 e. The molecule has 0 atom stereocenters. The monoisotopic (exact) mass is 415 g/mol. The molecule has 0 aliphatic heterocycles. The zero-order valence-electron chi connectivity index (χ0n) is 17.8. The van der Waals surface area contributed by atoms with Crippen LogP contribution in [-0.4, -0.2) is 26.3 Å². The van der Waals surface area contributed by atoms with Crippen molar-refractivity contribution in [2.45, 2.75) is 45.4 Å². The van der Waals surface area contributed by atoms with E-state index in [9.17, 15) is 13.2 Å². The van der Waals surface area contributed by atoms with Crippen molar-refractivity contribution in [2.24, 2.45) is 10.4 Å². The lowest BCUT2D eigenvalue weighted by Crippen LogP contribution is -2.41. The summed E-state index contributed by atoms with van der Waals surface area (Å²) in [4.78, 5) is 17.6. The summed E-state index contributed by atoms with van der Waals surface area (Å²) in [5.74, 6) is 0.450. The lowest BCUT2D eigenvalue weighted by molar-refractivity contribution is -0.119. The van der Waals surface area contributed by atoms with Gasteiger partial charge in [-0.3, -0.25) is 15.6 Å². The average Bonchev–Trinajstić information content (AvgIpc) is 2.63. The van der Waals surface area contributed by atoms with Crippen LogP contribution in [0.15, 0.2) is 58.4 Å². The van der Waals surface area contributed by atoms with Crippen molar-refractivity contribution in [3.05, 3.63) is 54.1 Å². The van der Waals surface area contributed by atoms with Crippen LogP contribution >= 0.6 is 0 Å². The van der Waals surface area contributed by atoms with Crippen LogP contribution in [0, 0.1) is 5.41 Å². The van der Waals surface area contributed by atoms with E-state index in [1.54, 1.807) is 12.1 Å². The third-order valence-electron chi connectivity index (χ3n) is 4.30. The second-order valence-electron chi connectivity index (χ2n) is 8.33. The van der Waals surface area contributed by atoms with Gasteiger partial charge in [-0.25, -0.2) is 13.4 Å². The van der Waals surface area contributed by atoms with Crippen LogP contribution in [0.4, 0.5) is 11.4 Å². The molecule has 0 aliphatic rings. The van der Waals surface area contributed by atoms with Gasteiger partial charge in [-0.15, -0.1) is 0 Å². The number of amidine groups is 1. The molecule has 0 spiro atoms. The summed E-state index contributed by atoms with van der Waals surface area (Å²) in [6.45, 7) is 9.72. The highest BCUT2D eigenvalue weighted by molar-refractivity contribution is 7.90. The molecule has 0 heterocycles. The number of hydrogen-bond donors (Lipinski definition) is 2. The molecular weight excluding hydrogens is 386 g/mol. The molecule has 0 aliphatic carbocycles. The molecule has 2 rings (SSSR count). The van der Waals surface area contributed by atoms with Crippen LogP contribution in [0.2, 0.25) is 0 Å². The van der Waals surface area contributed by atoms with E-state index in [1.807, 2.05) is 45.0 Å². The normalized spacial score (nSPS) is 12.7. The van der Waals surface area contributed by atoms with Crippen LogP contribution < -0.4 is 10.9 Å². The second kappa shape index (κ2) is 8.78. The number of hydrazine groups is 1. The Bertz CT molecular complexity index is 985. The van der Waals surface area contributed by atoms with Gasteiger partial charge in [0.25, 0.3) is 0 Å². The number of hydrogen-bond acceptors (Lipinski definition) is 5. The van der Waals surface area contributed by atoms with Gasteiger partial charge < -0.3 is 0 Å². The smallest absolute Gasteiger partial charge is 0.204 e. The number of aliphatic imine (C=N–C) groups is 1. The van der Waals surface area contributed by atoms with Crippen LogP contribution in [0.5, 0.6) is 0 Å². The first kappa shape index (κ1) is 22.6. The minimum atomic E-state index is -3.26. The number of carbonyl (C=O) groups is 1. The van der Waals surface area contributed by atoms with Crippen LogP contribution in [-0.2, 0) is 14.6 Å². The van der Waals surface area contributed by atoms with E-state index in [1.165, 1.54) is 17.7 Å². The van der Waals surface area contributed by atoms with Gasteiger partial charge in [0.1, 0.15) is 0 Å². The Kier molecular flexibility index (Phi) is 6.85. The lowest BCUT2D eigenvalue weighted by atomic mass is 9.90. The van der Waals surface area contributed by atoms with E-state index in [2.05, 4.69) is 29.7 Å². The first-order valence-corrected chi connectivity index (χ1v) is 11.3. The SMILES string of the molecule is CC(C)c1ccc(N=C(NNc2ccc(S(C)(=O)=O)cc2)C(=O)C(C)(C)C)cc1. The highest BCUT2D eigenvalue weighted by Gasteiger charge is 2.26. The van der Waals surface area contributed by atoms with Crippen LogP contribution in [0.1, 0.15) is 46.1 Å². The van der Waals surface area contributed by atoms with E-state index in [-0.39, 0.29) is 16.5 Å². The molecule has 0 radical (unpaired) electrons. The number of nitrogens with one attached hydrogen (secondary N) is 2. The van der Waals surface area contributed by atoms with Gasteiger partial charge in [-0.1, -0.05) is 46.8 Å². The third kappa shape index (κ3) is 6.42. The zero-order valence-corrected chi connectivity index (χ0v) is 18.6. The number of ketones is 1. The van der Waals surface area contributed by atoms with Crippen molar-refractivity contribution >= 4 is 32.8 Å². The first-order valence-electron chi connectivity index (χ1n) is 9.43. The number of benzene rings is 2. The molecule has 0 bridgehead atoms. The Morgan fingerprint density at radius 1 is 0.966 bits per heavy atom. The van der Waals surface area contributed by atoms with Gasteiger partial charge in [-0.05, 0) is 47.9 Å². The van der Waals surface area contributed by atoms with E-state index < -0.39 is 15.3 Å². The fourth-order valence-electron chi connectivity index (χ4n) is 2.47. The summed E-state index contributed by atoms with van der Waals surface area (Å²) in [5, 5.41) is 0. The predicted molar refractivity (Wildman–Crippen MR) is 118 cm³/mol. The Hall–Kier alpha value is -2.67. The zero-order chi connectivity index (χ0) is 21.8. The number of nitrogens with zero attached hydrogens (tertiary/aromatic N) is 1. The Balaban J connectivity index is 2.26. The van der Waals surface area contributed by atoms with E-state index >= 15 is 0 Å². The van der Waals surface area contributed by atoms with Crippen molar-refractivity contribution in [1.29, 1.82) is 0 Å². The number of sulfone groups is 1. The maximum atomic E-state index is 12.8. The highest BCUT2D eigenvalue weighted by Crippen LogP contribution is 2.21. The predicted octanol–water partition coefficient (Wildman–Crippen LogP) is 4.48. The number of Topliss-reactive ketones (excluding diaryl/α,β-unsaturated/α-hetero) is 1. The van der Waals surface area contributed by atoms with Crippen molar-refractivity contribution in [3.63, 3.8) is 0 Å². The summed E-state index contributed by atoms with van der Waals surface area (Å²) in [6.07, 6.45) is 1.16. The number of rotatable bonds is 6. The molecule has 2 aromatic rings. The molecule has 2 aromatic carbocycles. The van der Waals surface area contributed by atoms with E-state index in [4.69, 9.17) is 0 Å². The van der Waals surface area contributed by atoms with Gasteiger partial charge in [0.05, 0.1) is 16.3 Å². The quantitative estimate of drug-likeness (QED) is 0.413. The number of carbonyl (C=O) groups excluding carboxylic acids is 1. The third-order valence-corrected chi connectivity index (χ3v) is 5.43. The van der Waals surface area contributed by atoms with Crippen molar-refractivity contribution in [3.8, 4) is 0 Å². The number of anilines is 1. The van der Waals surface area contributed by atoms with Crippen molar-refractivity contribution < 1.29 is 13.2 Å². The van der Waals surface area contributed by atoms with Gasteiger partial charge in [-0.2, -0.15) is 0 Å². The maximum Gasteiger partial charge on any atom is 0.204 e. The Morgan fingerprint density at radius 2 is 1.52 bits per heavy atom. The molecule has 0 aromatic heterocycles. The molecule has 29 heavy (non-hydrogen) atoms. The van der Waals surface area contributed by atoms with Gasteiger partial charge >= 0.3 is 0 Å². The standard InChI is InChI=1S/C22H29N3O3S/c1-15(2)16-7-9-17(10-8-16)23-21(20(26)22(3,4)5)25-24-18-11-13-19(14-12-18)29(6,27)28/h7-15,24H,1-6H3,(H,23,25). The minimum Gasteiger partial charge on any atom is -0.300 e. The summed E-state index contributed by atoms with van der Waals surface area (Å²) < 4.78 is 23.2. The fourth-order valence-corrected chi connectivity index (χ4v) is 3.10.